The van der Waals surface area contributed by atoms with Crippen LogP contribution in [0.4, 0.5) is 13.2 Å². The highest BCUT2D eigenvalue weighted by Gasteiger charge is 2.33. The molecule has 2 aromatic carbocycles. The normalized spacial score (nSPS) is 11.6. The standard InChI is InChI=1S/C14H11F3OS/c1-9-6-7-13(11(18)8-9)19-12-5-3-2-4-10(12)14(15,16)17/h2-8,18H,1H3. The summed E-state index contributed by atoms with van der Waals surface area (Å²) in [6.07, 6.45) is -4.40. The summed E-state index contributed by atoms with van der Waals surface area (Å²) in [4.78, 5) is 0.483. The van der Waals surface area contributed by atoms with E-state index in [1.807, 2.05) is 0 Å². The first-order chi connectivity index (χ1) is 8.88. The van der Waals surface area contributed by atoms with E-state index in [9.17, 15) is 18.3 Å². The van der Waals surface area contributed by atoms with Gasteiger partial charge in [0, 0.05) is 4.90 Å². The van der Waals surface area contributed by atoms with E-state index in [1.54, 1.807) is 25.1 Å². The van der Waals surface area contributed by atoms with E-state index in [0.29, 0.717) is 4.90 Å². The highest BCUT2D eigenvalue weighted by atomic mass is 32.2. The van der Waals surface area contributed by atoms with Crippen LogP contribution in [0.3, 0.4) is 0 Å². The van der Waals surface area contributed by atoms with Crippen LogP contribution in [-0.4, -0.2) is 5.11 Å². The highest BCUT2D eigenvalue weighted by molar-refractivity contribution is 7.99. The van der Waals surface area contributed by atoms with Crippen LogP contribution in [0, 0.1) is 6.92 Å². The Hall–Kier alpha value is -1.62. The van der Waals surface area contributed by atoms with E-state index >= 15 is 0 Å². The van der Waals surface area contributed by atoms with Gasteiger partial charge in [0.25, 0.3) is 0 Å². The second-order valence-corrected chi connectivity index (χ2v) is 5.15. The number of aromatic hydroxyl groups is 1. The Bertz CT molecular complexity index is 593. The van der Waals surface area contributed by atoms with Crippen molar-refractivity contribution in [3.63, 3.8) is 0 Å². The smallest absolute Gasteiger partial charge is 0.417 e. The molecule has 0 fully saturated rings. The molecular formula is C14H11F3OS. The molecule has 0 atom stereocenters. The lowest BCUT2D eigenvalue weighted by molar-refractivity contribution is -0.139. The average molecular weight is 284 g/mol. The monoisotopic (exact) mass is 284 g/mol. The van der Waals surface area contributed by atoms with Gasteiger partial charge in [0.2, 0.25) is 0 Å². The van der Waals surface area contributed by atoms with Gasteiger partial charge in [0.15, 0.2) is 0 Å². The number of rotatable bonds is 2. The molecule has 0 amide bonds. The van der Waals surface area contributed by atoms with Crippen LogP contribution in [0.5, 0.6) is 5.75 Å². The molecule has 2 aromatic rings. The fraction of sp³-hybridized carbons (Fsp3) is 0.143. The summed E-state index contributed by atoms with van der Waals surface area (Å²) in [5, 5.41) is 9.74. The molecule has 0 aromatic heterocycles. The average Bonchev–Trinajstić information content (AvgIpc) is 2.32. The van der Waals surface area contributed by atoms with E-state index in [0.717, 1.165) is 23.4 Å². The van der Waals surface area contributed by atoms with Crippen molar-refractivity contribution in [1.82, 2.24) is 0 Å². The van der Waals surface area contributed by atoms with Gasteiger partial charge in [0.1, 0.15) is 5.75 Å². The Labute approximate surface area is 113 Å². The number of benzene rings is 2. The van der Waals surface area contributed by atoms with Gasteiger partial charge in [-0.15, -0.1) is 0 Å². The van der Waals surface area contributed by atoms with Crippen LogP contribution in [0.25, 0.3) is 0 Å². The topological polar surface area (TPSA) is 20.2 Å². The molecule has 0 saturated heterocycles. The number of halogens is 3. The summed E-state index contributed by atoms with van der Waals surface area (Å²) < 4.78 is 38.5. The Morgan fingerprint density at radius 3 is 2.32 bits per heavy atom. The molecule has 5 heteroatoms. The number of hydrogen-bond acceptors (Lipinski definition) is 2. The number of aryl methyl sites for hydroxylation is 1. The molecule has 1 nitrogen and oxygen atoms in total. The predicted octanol–water partition coefficient (Wildman–Crippen LogP) is 4.87. The minimum Gasteiger partial charge on any atom is -0.507 e. The molecule has 0 aliphatic rings. The Morgan fingerprint density at radius 1 is 1.00 bits per heavy atom. The van der Waals surface area contributed by atoms with Gasteiger partial charge in [-0.25, -0.2) is 0 Å². The molecule has 0 heterocycles. The minimum absolute atomic E-state index is 0.0121. The summed E-state index contributed by atoms with van der Waals surface area (Å²) in [5.74, 6) is -0.0121. The van der Waals surface area contributed by atoms with E-state index in [4.69, 9.17) is 0 Å². The van der Waals surface area contributed by atoms with Crippen molar-refractivity contribution in [2.75, 3.05) is 0 Å². The maximum atomic E-state index is 12.8. The first-order valence-electron chi connectivity index (χ1n) is 5.51. The molecule has 100 valence electrons. The Morgan fingerprint density at radius 2 is 1.68 bits per heavy atom. The molecule has 0 aliphatic heterocycles. The summed E-state index contributed by atoms with van der Waals surface area (Å²) in [6, 6.07) is 10.2. The van der Waals surface area contributed by atoms with Crippen molar-refractivity contribution in [3.05, 3.63) is 53.6 Å². The molecule has 19 heavy (non-hydrogen) atoms. The van der Waals surface area contributed by atoms with Gasteiger partial charge in [-0.1, -0.05) is 30.0 Å². The molecule has 0 spiro atoms. The first kappa shape index (κ1) is 13.8. The van der Waals surface area contributed by atoms with E-state index < -0.39 is 11.7 Å². The molecular weight excluding hydrogens is 273 g/mol. The SMILES string of the molecule is Cc1ccc(Sc2ccccc2C(F)(F)F)c(O)c1. The highest BCUT2D eigenvalue weighted by Crippen LogP contribution is 2.41. The van der Waals surface area contributed by atoms with E-state index in [2.05, 4.69) is 0 Å². The molecule has 0 aliphatic carbocycles. The summed E-state index contributed by atoms with van der Waals surface area (Å²) in [6.45, 7) is 1.80. The van der Waals surface area contributed by atoms with Crippen molar-refractivity contribution in [1.29, 1.82) is 0 Å². The third-order valence-corrected chi connectivity index (χ3v) is 3.67. The number of phenols is 1. The number of phenolic OH excluding ortho intramolecular Hbond substituents is 1. The molecule has 0 unspecified atom stereocenters. The molecule has 0 bridgehead atoms. The van der Waals surface area contributed by atoms with Crippen molar-refractivity contribution < 1.29 is 18.3 Å². The van der Waals surface area contributed by atoms with Gasteiger partial charge < -0.3 is 5.11 Å². The fourth-order valence-electron chi connectivity index (χ4n) is 1.62. The second kappa shape index (κ2) is 5.17. The number of alkyl halides is 3. The second-order valence-electron chi connectivity index (χ2n) is 4.07. The summed E-state index contributed by atoms with van der Waals surface area (Å²) in [7, 11) is 0. The predicted molar refractivity (Wildman–Crippen MR) is 68.4 cm³/mol. The van der Waals surface area contributed by atoms with Gasteiger partial charge in [-0.05, 0) is 36.8 Å². The summed E-state index contributed by atoms with van der Waals surface area (Å²) >= 11 is 0.906. The first-order valence-corrected chi connectivity index (χ1v) is 6.33. The lowest BCUT2D eigenvalue weighted by atomic mass is 10.2. The van der Waals surface area contributed by atoms with Gasteiger partial charge in [-0.2, -0.15) is 13.2 Å². The minimum atomic E-state index is -4.40. The van der Waals surface area contributed by atoms with Crippen LogP contribution in [0.15, 0.2) is 52.3 Å². The Balaban J connectivity index is 2.39. The van der Waals surface area contributed by atoms with Crippen molar-refractivity contribution in [2.45, 2.75) is 22.9 Å². The molecule has 0 radical (unpaired) electrons. The lowest BCUT2D eigenvalue weighted by Crippen LogP contribution is -2.06. The zero-order chi connectivity index (χ0) is 14.0. The lowest BCUT2D eigenvalue weighted by Gasteiger charge is -2.12. The summed E-state index contributed by atoms with van der Waals surface area (Å²) in [5.41, 5.74) is 0.158. The van der Waals surface area contributed by atoms with Crippen LogP contribution >= 0.6 is 11.8 Å². The van der Waals surface area contributed by atoms with Crippen LogP contribution < -0.4 is 0 Å². The molecule has 2 rings (SSSR count). The zero-order valence-electron chi connectivity index (χ0n) is 10.0. The van der Waals surface area contributed by atoms with Gasteiger partial charge in [0.05, 0.1) is 10.5 Å². The van der Waals surface area contributed by atoms with Crippen LogP contribution in [0.2, 0.25) is 0 Å². The Kier molecular flexibility index (Phi) is 3.75. The van der Waals surface area contributed by atoms with Crippen molar-refractivity contribution >= 4 is 11.8 Å². The van der Waals surface area contributed by atoms with Gasteiger partial charge in [-0.3, -0.25) is 0 Å². The third-order valence-electron chi connectivity index (χ3n) is 2.53. The van der Waals surface area contributed by atoms with Crippen LogP contribution in [-0.2, 0) is 6.18 Å². The van der Waals surface area contributed by atoms with E-state index in [-0.39, 0.29) is 10.6 Å². The maximum absolute atomic E-state index is 12.8. The third kappa shape index (κ3) is 3.23. The van der Waals surface area contributed by atoms with Gasteiger partial charge >= 0.3 is 6.18 Å². The fourth-order valence-corrected chi connectivity index (χ4v) is 2.60. The largest absolute Gasteiger partial charge is 0.507 e. The maximum Gasteiger partial charge on any atom is 0.417 e. The molecule has 0 saturated carbocycles. The quantitative estimate of drug-likeness (QED) is 0.849. The number of hydrogen-bond donors (Lipinski definition) is 1. The van der Waals surface area contributed by atoms with Crippen molar-refractivity contribution in [2.24, 2.45) is 0 Å². The van der Waals surface area contributed by atoms with E-state index in [1.165, 1.54) is 18.2 Å². The van der Waals surface area contributed by atoms with Crippen molar-refractivity contribution in [3.8, 4) is 5.75 Å². The molecule has 1 N–H and O–H groups in total. The zero-order valence-corrected chi connectivity index (χ0v) is 10.8. The van der Waals surface area contributed by atoms with Crippen LogP contribution in [0.1, 0.15) is 11.1 Å².